The van der Waals surface area contributed by atoms with Crippen molar-refractivity contribution in [2.75, 3.05) is 13.7 Å². The zero-order chi connectivity index (χ0) is 28.0. The van der Waals surface area contributed by atoms with Crippen LogP contribution in [0.1, 0.15) is 32.1 Å². The van der Waals surface area contributed by atoms with E-state index < -0.39 is 31.0 Å². The number of aryl methyl sites for hydroxylation is 2. The Morgan fingerprint density at radius 3 is 2.42 bits per heavy atom. The molecule has 38 heavy (non-hydrogen) atoms. The molecule has 0 aliphatic carbocycles. The first kappa shape index (κ1) is 29.1. The summed E-state index contributed by atoms with van der Waals surface area (Å²) in [6.45, 7) is 1.97. The SMILES string of the molecule is COc1ccc(CC(OCC(F)(F)C(F)F)C(=O)O)cc1CNC(=O)c1sc(-c2ccc(C)cc2)nc1C. The van der Waals surface area contributed by atoms with Crippen molar-refractivity contribution in [1.29, 1.82) is 0 Å². The second kappa shape index (κ2) is 12.4. The molecular formula is C26H26F4N2O5S. The van der Waals surface area contributed by atoms with Crippen LogP contribution in [0.15, 0.2) is 42.5 Å². The molecule has 0 aliphatic heterocycles. The number of nitrogens with zero attached hydrogens (tertiary/aromatic N) is 1. The number of aromatic nitrogens is 1. The maximum atomic E-state index is 13.2. The van der Waals surface area contributed by atoms with Gasteiger partial charge >= 0.3 is 18.3 Å². The van der Waals surface area contributed by atoms with Crippen molar-refractivity contribution in [3.05, 3.63) is 69.7 Å². The van der Waals surface area contributed by atoms with E-state index >= 15 is 0 Å². The molecule has 204 valence electrons. The zero-order valence-electron chi connectivity index (χ0n) is 20.8. The third-order valence-corrected chi connectivity index (χ3v) is 6.78. The Labute approximate surface area is 220 Å². The predicted molar refractivity (Wildman–Crippen MR) is 133 cm³/mol. The summed E-state index contributed by atoms with van der Waals surface area (Å²) in [7, 11) is 1.41. The molecule has 0 fully saturated rings. The van der Waals surface area contributed by atoms with Crippen molar-refractivity contribution < 1.29 is 41.7 Å². The molecular weight excluding hydrogens is 528 g/mol. The van der Waals surface area contributed by atoms with Crippen molar-refractivity contribution in [2.45, 2.75) is 45.3 Å². The lowest BCUT2D eigenvalue weighted by atomic mass is 10.0. The van der Waals surface area contributed by atoms with Gasteiger partial charge in [0, 0.05) is 24.1 Å². The number of halogens is 4. The van der Waals surface area contributed by atoms with Crippen LogP contribution in [0.25, 0.3) is 10.6 Å². The lowest BCUT2D eigenvalue weighted by Crippen LogP contribution is -2.37. The summed E-state index contributed by atoms with van der Waals surface area (Å²) in [5.41, 5.74) is 3.40. The highest BCUT2D eigenvalue weighted by molar-refractivity contribution is 7.17. The molecule has 0 saturated heterocycles. The summed E-state index contributed by atoms with van der Waals surface area (Å²) in [5.74, 6) is -6.03. The van der Waals surface area contributed by atoms with Gasteiger partial charge in [0.15, 0.2) is 6.10 Å². The number of methoxy groups -OCH3 is 1. The van der Waals surface area contributed by atoms with Gasteiger partial charge in [-0.1, -0.05) is 42.0 Å². The van der Waals surface area contributed by atoms with E-state index in [1.807, 2.05) is 31.2 Å². The number of thiazole rings is 1. The smallest absolute Gasteiger partial charge is 0.333 e. The van der Waals surface area contributed by atoms with Crippen LogP contribution in [0.3, 0.4) is 0 Å². The molecule has 0 bridgehead atoms. The van der Waals surface area contributed by atoms with Gasteiger partial charge in [0.2, 0.25) is 0 Å². The van der Waals surface area contributed by atoms with E-state index in [1.165, 1.54) is 36.6 Å². The number of nitrogens with one attached hydrogen (secondary N) is 1. The van der Waals surface area contributed by atoms with E-state index in [0.717, 1.165) is 11.1 Å². The number of carbonyl (C=O) groups excluding carboxylic acids is 1. The Balaban J connectivity index is 1.71. The van der Waals surface area contributed by atoms with E-state index in [4.69, 9.17) is 4.74 Å². The Morgan fingerprint density at radius 1 is 1.13 bits per heavy atom. The van der Waals surface area contributed by atoms with Gasteiger partial charge < -0.3 is 19.9 Å². The molecule has 2 N–H and O–H groups in total. The monoisotopic (exact) mass is 554 g/mol. The first-order chi connectivity index (χ1) is 17.9. The Bertz CT molecular complexity index is 1280. The number of rotatable bonds is 12. The van der Waals surface area contributed by atoms with Crippen LogP contribution in [0.4, 0.5) is 17.6 Å². The molecule has 0 saturated carbocycles. The minimum Gasteiger partial charge on any atom is -0.496 e. The van der Waals surface area contributed by atoms with Crippen LogP contribution >= 0.6 is 11.3 Å². The largest absolute Gasteiger partial charge is 0.496 e. The summed E-state index contributed by atoms with van der Waals surface area (Å²) in [5, 5.41) is 12.8. The van der Waals surface area contributed by atoms with Crippen molar-refractivity contribution in [2.24, 2.45) is 0 Å². The average Bonchev–Trinajstić information content (AvgIpc) is 3.26. The van der Waals surface area contributed by atoms with Gasteiger partial charge in [-0.05, 0) is 25.5 Å². The number of aliphatic carboxylic acids is 1. The summed E-state index contributed by atoms with van der Waals surface area (Å²) in [6, 6.07) is 12.3. The number of carbonyl (C=O) groups is 2. The maximum absolute atomic E-state index is 13.2. The fourth-order valence-electron chi connectivity index (χ4n) is 3.49. The molecule has 3 rings (SSSR count). The van der Waals surface area contributed by atoms with Gasteiger partial charge in [0.1, 0.15) is 22.2 Å². The van der Waals surface area contributed by atoms with Crippen molar-refractivity contribution >= 4 is 23.2 Å². The highest BCUT2D eigenvalue weighted by Crippen LogP contribution is 2.29. The Kier molecular flexibility index (Phi) is 9.45. The van der Waals surface area contributed by atoms with Crippen LogP contribution in [-0.4, -0.2) is 54.1 Å². The van der Waals surface area contributed by atoms with Gasteiger partial charge in [-0.2, -0.15) is 8.78 Å². The summed E-state index contributed by atoms with van der Waals surface area (Å²) in [4.78, 5) is 29.3. The molecule has 7 nitrogen and oxygen atoms in total. The van der Waals surface area contributed by atoms with Crippen LogP contribution in [0.5, 0.6) is 5.75 Å². The third-order valence-electron chi connectivity index (χ3n) is 5.58. The van der Waals surface area contributed by atoms with Crippen molar-refractivity contribution in [3.8, 4) is 16.3 Å². The number of ether oxygens (including phenoxy) is 2. The molecule has 0 aliphatic rings. The van der Waals surface area contributed by atoms with E-state index in [0.29, 0.717) is 32.5 Å². The highest BCUT2D eigenvalue weighted by atomic mass is 32.1. The highest BCUT2D eigenvalue weighted by Gasteiger charge is 2.42. The fraction of sp³-hybridized carbons (Fsp3) is 0.346. The fourth-order valence-corrected chi connectivity index (χ4v) is 4.47. The second-order valence-corrected chi connectivity index (χ2v) is 9.53. The van der Waals surface area contributed by atoms with Gasteiger partial charge in [0.05, 0.1) is 12.8 Å². The normalized spacial score (nSPS) is 12.4. The Morgan fingerprint density at radius 2 is 1.82 bits per heavy atom. The summed E-state index contributed by atoms with van der Waals surface area (Å²) >= 11 is 1.24. The van der Waals surface area contributed by atoms with Gasteiger partial charge in [-0.3, -0.25) is 4.79 Å². The standard InChI is InChI=1S/C26H26F4N2O5S/c1-14-4-7-17(8-5-14)23-32-15(2)21(38-23)22(33)31-12-18-10-16(6-9-19(18)36-3)11-20(24(34)35)37-13-26(29,30)25(27)28/h4-10,20,25H,11-13H2,1-3H3,(H,31,33)(H,34,35). The minimum atomic E-state index is -4.48. The van der Waals surface area contributed by atoms with Crippen LogP contribution in [-0.2, 0) is 22.5 Å². The van der Waals surface area contributed by atoms with Gasteiger partial charge in [-0.15, -0.1) is 11.3 Å². The number of hydrogen-bond acceptors (Lipinski definition) is 6. The third kappa shape index (κ3) is 7.29. The molecule has 1 atom stereocenters. The minimum absolute atomic E-state index is 0.00903. The number of carboxylic acid groups (broad SMARTS) is 1. The van der Waals surface area contributed by atoms with E-state index in [2.05, 4.69) is 15.0 Å². The van der Waals surface area contributed by atoms with Crippen LogP contribution in [0, 0.1) is 13.8 Å². The van der Waals surface area contributed by atoms with Gasteiger partial charge in [0.25, 0.3) is 5.91 Å². The van der Waals surface area contributed by atoms with E-state index in [9.17, 15) is 32.3 Å². The molecule has 1 unspecified atom stereocenters. The second-order valence-electron chi connectivity index (χ2n) is 8.53. The number of carboxylic acids is 1. The molecule has 1 amide bonds. The molecule has 0 radical (unpaired) electrons. The Hall–Kier alpha value is -3.51. The molecule has 12 heteroatoms. The topological polar surface area (TPSA) is 97.8 Å². The maximum Gasteiger partial charge on any atom is 0.333 e. The number of amides is 1. The molecule has 1 heterocycles. The number of hydrogen-bond donors (Lipinski definition) is 2. The first-order valence-corrected chi connectivity index (χ1v) is 12.2. The van der Waals surface area contributed by atoms with Crippen molar-refractivity contribution in [3.63, 3.8) is 0 Å². The molecule has 1 aromatic heterocycles. The van der Waals surface area contributed by atoms with E-state index in [1.54, 1.807) is 6.92 Å². The van der Waals surface area contributed by atoms with E-state index in [-0.39, 0.29) is 18.9 Å². The molecule has 3 aromatic rings. The average molecular weight is 555 g/mol. The van der Waals surface area contributed by atoms with Gasteiger partial charge in [-0.25, -0.2) is 18.6 Å². The number of alkyl halides is 4. The molecule has 0 spiro atoms. The lowest BCUT2D eigenvalue weighted by molar-refractivity contribution is -0.185. The predicted octanol–water partition coefficient (Wildman–Crippen LogP) is 5.28. The van der Waals surface area contributed by atoms with Crippen LogP contribution < -0.4 is 10.1 Å². The first-order valence-electron chi connectivity index (χ1n) is 11.4. The number of benzene rings is 2. The summed E-state index contributed by atoms with van der Waals surface area (Å²) in [6.07, 6.45) is -6.13. The molecule has 2 aromatic carbocycles. The summed E-state index contributed by atoms with van der Waals surface area (Å²) < 4.78 is 61.1. The quantitative estimate of drug-likeness (QED) is 0.296. The lowest BCUT2D eigenvalue weighted by Gasteiger charge is -2.20. The zero-order valence-corrected chi connectivity index (χ0v) is 21.6. The van der Waals surface area contributed by atoms with Crippen molar-refractivity contribution in [1.82, 2.24) is 10.3 Å². The van der Waals surface area contributed by atoms with Crippen LogP contribution in [0.2, 0.25) is 0 Å².